The molecule has 26 heavy (non-hydrogen) atoms. The SMILES string of the molecule is Cn1c(=O)c2c(ncn2C)n(C)c1=O.O=c1[nH]c(=O)c2[nH]c(=O)[nH]c2[nH]1. The topological polar surface area (TPSA) is 176 Å². The maximum Gasteiger partial charge on any atom is 0.332 e. The minimum Gasteiger partial charge on any atom is -0.328 e. The molecule has 4 aromatic heterocycles. The van der Waals surface area contributed by atoms with Crippen LogP contribution in [-0.2, 0) is 21.1 Å². The number of H-pyrrole nitrogens is 4. The van der Waals surface area contributed by atoms with Crippen molar-refractivity contribution in [2.24, 2.45) is 21.1 Å². The predicted molar refractivity (Wildman–Crippen MR) is 91.4 cm³/mol. The maximum atomic E-state index is 11.7. The molecule has 0 unspecified atom stereocenters. The monoisotopic (exact) mass is 362 g/mol. The molecule has 4 heterocycles. The van der Waals surface area contributed by atoms with E-state index >= 15 is 0 Å². The van der Waals surface area contributed by atoms with Crippen molar-refractivity contribution in [1.29, 1.82) is 0 Å². The van der Waals surface area contributed by atoms with E-state index in [2.05, 4.69) is 19.9 Å². The van der Waals surface area contributed by atoms with E-state index in [1.807, 2.05) is 4.98 Å². The maximum absolute atomic E-state index is 11.7. The van der Waals surface area contributed by atoms with Crippen LogP contribution in [0.15, 0.2) is 30.3 Å². The molecule has 0 aromatic carbocycles. The highest BCUT2D eigenvalue weighted by molar-refractivity contribution is 5.69. The van der Waals surface area contributed by atoms with Gasteiger partial charge in [0, 0.05) is 21.1 Å². The predicted octanol–water partition coefficient (Wildman–Crippen LogP) is -2.80. The van der Waals surface area contributed by atoms with E-state index in [9.17, 15) is 24.0 Å². The molecule has 0 aliphatic heterocycles. The fraction of sp³-hybridized carbons (Fsp3) is 0.231. The lowest BCUT2D eigenvalue weighted by Crippen LogP contribution is -2.37. The lowest BCUT2D eigenvalue weighted by molar-refractivity contribution is 0.705. The van der Waals surface area contributed by atoms with Crippen molar-refractivity contribution >= 4 is 22.3 Å². The molecule has 0 spiro atoms. The Labute approximate surface area is 141 Å². The Hall–Kier alpha value is -3.90. The van der Waals surface area contributed by atoms with Gasteiger partial charge in [0.15, 0.2) is 11.2 Å². The number of nitrogens with zero attached hydrogens (tertiary/aromatic N) is 4. The van der Waals surface area contributed by atoms with Crippen molar-refractivity contribution in [1.82, 2.24) is 38.6 Å². The van der Waals surface area contributed by atoms with Crippen molar-refractivity contribution in [3.8, 4) is 0 Å². The Bertz CT molecular complexity index is 1420. The summed E-state index contributed by atoms with van der Waals surface area (Å²) >= 11 is 0. The summed E-state index contributed by atoms with van der Waals surface area (Å²) in [5.74, 6) is 0. The van der Waals surface area contributed by atoms with E-state index in [1.54, 1.807) is 18.7 Å². The quantitative estimate of drug-likeness (QED) is 0.263. The highest BCUT2D eigenvalue weighted by atomic mass is 16.2. The Morgan fingerprint density at radius 2 is 1.46 bits per heavy atom. The summed E-state index contributed by atoms with van der Waals surface area (Å²) in [7, 11) is 4.77. The summed E-state index contributed by atoms with van der Waals surface area (Å²) in [6.07, 6.45) is 1.52. The van der Waals surface area contributed by atoms with Crippen LogP contribution in [-0.4, -0.2) is 38.6 Å². The summed E-state index contributed by atoms with van der Waals surface area (Å²) in [4.78, 5) is 68.1. The average Bonchev–Trinajstić information content (AvgIpc) is 3.14. The Morgan fingerprint density at radius 3 is 2.12 bits per heavy atom. The third-order valence-electron chi connectivity index (χ3n) is 3.74. The number of hydrogen-bond donors (Lipinski definition) is 4. The first-order valence-electron chi connectivity index (χ1n) is 7.22. The van der Waals surface area contributed by atoms with E-state index in [1.165, 1.54) is 17.9 Å². The second-order valence-electron chi connectivity index (χ2n) is 5.47. The molecule has 13 nitrogen and oxygen atoms in total. The summed E-state index contributed by atoms with van der Waals surface area (Å²) in [5.41, 5.74) is -1.47. The van der Waals surface area contributed by atoms with Crippen LogP contribution in [0.1, 0.15) is 0 Å². The first-order valence-corrected chi connectivity index (χ1v) is 7.22. The van der Waals surface area contributed by atoms with Crippen LogP contribution >= 0.6 is 0 Å². The van der Waals surface area contributed by atoms with Crippen LogP contribution in [0.3, 0.4) is 0 Å². The first kappa shape index (κ1) is 16.9. The van der Waals surface area contributed by atoms with Crippen LogP contribution in [0.2, 0.25) is 0 Å². The number of aryl methyl sites for hydroxylation is 2. The molecule has 0 aliphatic carbocycles. The van der Waals surface area contributed by atoms with Crippen LogP contribution in [0.5, 0.6) is 0 Å². The Balaban J connectivity index is 0.000000152. The summed E-state index contributed by atoms with van der Waals surface area (Å²) < 4.78 is 4.04. The molecule has 0 atom stereocenters. The van der Waals surface area contributed by atoms with Gasteiger partial charge in [-0.2, -0.15) is 0 Å². The van der Waals surface area contributed by atoms with Gasteiger partial charge in [-0.05, 0) is 0 Å². The van der Waals surface area contributed by atoms with Crippen molar-refractivity contribution in [3.05, 3.63) is 58.5 Å². The molecular weight excluding hydrogens is 348 g/mol. The molecule has 0 radical (unpaired) electrons. The van der Waals surface area contributed by atoms with Gasteiger partial charge in [-0.25, -0.2) is 19.4 Å². The van der Waals surface area contributed by atoms with Gasteiger partial charge in [-0.15, -0.1) is 0 Å². The molecule has 0 saturated carbocycles. The Kier molecular flexibility index (Phi) is 3.83. The number of aromatic nitrogens is 8. The fourth-order valence-corrected chi connectivity index (χ4v) is 2.43. The number of nitrogens with one attached hydrogen (secondary N) is 4. The number of fused-ring (bicyclic) bond motifs is 2. The molecule has 0 bridgehead atoms. The Morgan fingerprint density at radius 1 is 0.846 bits per heavy atom. The van der Waals surface area contributed by atoms with Crippen LogP contribution in [0.4, 0.5) is 0 Å². The zero-order chi connectivity index (χ0) is 19.2. The van der Waals surface area contributed by atoms with Gasteiger partial charge in [-0.3, -0.25) is 38.7 Å². The summed E-state index contributed by atoms with van der Waals surface area (Å²) in [5, 5.41) is 0. The highest BCUT2D eigenvalue weighted by Gasteiger charge is 2.11. The second-order valence-corrected chi connectivity index (χ2v) is 5.47. The average molecular weight is 362 g/mol. The largest absolute Gasteiger partial charge is 0.332 e. The zero-order valence-corrected chi connectivity index (χ0v) is 13.9. The van der Waals surface area contributed by atoms with Gasteiger partial charge in [0.25, 0.3) is 11.1 Å². The van der Waals surface area contributed by atoms with Crippen molar-refractivity contribution in [2.75, 3.05) is 0 Å². The van der Waals surface area contributed by atoms with Gasteiger partial charge in [0.1, 0.15) is 11.2 Å². The van der Waals surface area contributed by atoms with Crippen molar-refractivity contribution in [3.63, 3.8) is 0 Å². The molecule has 4 N–H and O–H groups in total. The van der Waals surface area contributed by atoms with E-state index < -0.39 is 16.9 Å². The van der Waals surface area contributed by atoms with E-state index in [-0.39, 0.29) is 22.4 Å². The fourth-order valence-electron chi connectivity index (χ4n) is 2.43. The molecule has 0 saturated heterocycles. The van der Waals surface area contributed by atoms with Crippen molar-refractivity contribution < 1.29 is 0 Å². The molecule has 0 fully saturated rings. The van der Waals surface area contributed by atoms with E-state index in [4.69, 9.17) is 0 Å². The van der Waals surface area contributed by atoms with Crippen LogP contribution in [0, 0.1) is 0 Å². The molecule has 0 amide bonds. The number of aromatic amines is 4. The van der Waals surface area contributed by atoms with Gasteiger partial charge in [0.05, 0.1) is 6.33 Å². The lowest BCUT2D eigenvalue weighted by atomic mass is 10.5. The molecule has 0 aliphatic rings. The molecule has 4 rings (SSSR count). The third-order valence-corrected chi connectivity index (χ3v) is 3.74. The third kappa shape index (κ3) is 2.60. The molecular formula is C13H14N8O5. The van der Waals surface area contributed by atoms with Gasteiger partial charge >= 0.3 is 17.1 Å². The normalized spacial score (nSPS) is 10.9. The molecule has 4 aromatic rings. The van der Waals surface area contributed by atoms with E-state index in [0.717, 1.165) is 4.57 Å². The zero-order valence-electron chi connectivity index (χ0n) is 13.9. The van der Waals surface area contributed by atoms with Crippen LogP contribution in [0.25, 0.3) is 22.3 Å². The minimum absolute atomic E-state index is 0.0413. The van der Waals surface area contributed by atoms with E-state index in [0.29, 0.717) is 11.2 Å². The minimum atomic E-state index is -0.650. The summed E-state index contributed by atoms with van der Waals surface area (Å²) in [6, 6.07) is 0. The number of imidazole rings is 2. The van der Waals surface area contributed by atoms with Gasteiger partial charge < -0.3 is 4.57 Å². The summed E-state index contributed by atoms with van der Waals surface area (Å²) in [6.45, 7) is 0. The smallest absolute Gasteiger partial charge is 0.328 e. The number of hydrogen-bond acceptors (Lipinski definition) is 6. The standard InChI is InChI=1S/C8H10N4O2.C5H4N4O3/c1-10-4-9-6-5(10)7(13)12(3)8(14)11(6)2;10-3-1-2(7-4(11)6-1)8-5(12)9-3/h4H,1-3H3;(H4,6,7,8,9,10,11,12). The molecule has 13 heteroatoms. The molecule has 136 valence electrons. The van der Waals surface area contributed by atoms with Gasteiger partial charge in [0.2, 0.25) is 0 Å². The second kappa shape index (κ2) is 5.87. The van der Waals surface area contributed by atoms with Gasteiger partial charge in [-0.1, -0.05) is 0 Å². The first-order chi connectivity index (χ1) is 12.2. The number of rotatable bonds is 0. The lowest BCUT2D eigenvalue weighted by Gasteiger charge is -2.02. The van der Waals surface area contributed by atoms with Crippen molar-refractivity contribution in [2.45, 2.75) is 0 Å². The highest BCUT2D eigenvalue weighted by Crippen LogP contribution is 2.01. The van der Waals surface area contributed by atoms with Crippen LogP contribution < -0.4 is 28.2 Å².